The van der Waals surface area contributed by atoms with Gasteiger partial charge in [0.1, 0.15) is 5.82 Å². The van der Waals surface area contributed by atoms with Gasteiger partial charge in [-0.25, -0.2) is 4.39 Å². The van der Waals surface area contributed by atoms with Gasteiger partial charge in [0, 0.05) is 12.5 Å². The predicted molar refractivity (Wildman–Crippen MR) is 70.0 cm³/mol. The molecule has 2 aromatic rings. The second-order valence-corrected chi connectivity index (χ2v) is 5.15. The fourth-order valence-electron chi connectivity index (χ4n) is 2.17. The summed E-state index contributed by atoms with van der Waals surface area (Å²) in [5, 5.41) is 3.94. The summed E-state index contributed by atoms with van der Waals surface area (Å²) < 4.78 is 24.2. The number of hydrogen-bond acceptors (Lipinski definition) is 5. The largest absolute Gasteiger partial charge is 0.379 e. The summed E-state index contributed by atoms with van der Waals surface area (Å²) >= 11 is 5.74. The molecule has 7 heteroatoms. The van der Waals surface area contributed by atoms with Crippen LogP contribution in [0.25, 0.3) is 0 Å². The van der Waals surface area contributed by atoms with Gasteiger partial charge in [0.2, 0.25) is 5.89 Å². The van der Waals surface area contributed by atoms with E-state index in [1.807, 2.05) is 0 Å². The van der Waals surface area contributed by atoms with Gasteiger partial charge >= 0.3 is 0 Å². The van der Waals surface area contributed by atoms with Crippen LogP contribution in [0.15, 0.2) is 22.7 Å². The summed E-state index contributed by atoms with van der Waals surface area (Å²) in [4.78, 5) is 4.26. The lowest BCUT2D eigenvalue weighted by Crippen LogP contribution is -2.27. The number of rotatable bonds is 3. The van der Waals surface area contributed by atoms with Crippen molar-refractivity contribution in [3.8, 4) is 0 Å². The van der Waals surface area contributed by atoms with Gasteiger partial charge in [0.05, 0.1) is 24.2 Å². The van der Waals surface area contributed by atoms with Crippen LogP contribution in [0.3, 0.4) is 0 Å². The van der Waals surface area contributed by atoms with Crippen LogP contribution < -0.4 is 5.73 Å². The highest BCUT2D eigenvalue weighted by Gasteiger charge is 2.31. The third-order valence-electron chi connectivity index (χ3n) is 3.31. The Labute approximate surface area is 119 Å². The van der Waals surface area contributed by atoms with E-state index in [-0.39, 0.29) is 23.4 Å². The van der Waals surface area contributed by atoms with Crippen molar-refractivity contribution >= 4 is 11.6 Å². The normalized spacial score (nSPS) is 22.4. The first-order chi connectivity index (χ1) is 9.65. The maximum absolute atomic E-state index is 13.8. The van der Waals surface area contributed by atoms with Crippen LogP contribution >= 0.6 is 11.6 Å². The molecule has 1 aromatic carbocycles. The van der Waals surface area contributed by atoms with Crippen molar-refractivity contribution < 1.29 is 13.7 Å². The van der Waals surface area contributed by atoms with Crippen LogP contribution in [0.1, 0.15) is 23.2 Å². The minimum Gasteiger partial charge on any atom is -0.379 e. The lowest BCUT2D eigenvalue weighted by atomic mass is 10.1. The van der Waals surface area contributed by atoms with Crippen LogP contribution in [0.2, 0.25) is 5.02 Å². The Morgan fingerprint density at radius 3 is 3.00 bits per heavy atom. The Bertz CT molecular complexity index is 619. The Morgan fingerprint density at radius 2 is 2.25 bits per heavy atom. The molecule has 5 nitrogen and oxygen atoms in total. The van der Waals surface area contributed by atoms with Gasteiger partial charge in [-0.2, -0.15) is 4.98 Å². The predicted octanol–water partition coefficient (Wildman–Crippen LogP) is 1.89. The van der Waals surface area contributed by atoms with E-state index in [1.165, 1.54) is 6.07 Å². The van der Waals surface area contributed by atoms with Crippen molar-refractivity contribution in [2.24, 2.45) is 5.73 Å². The minimum absolute atomic E-state index is 0.0810. The molecular weight excluding hydrogens is 285 g/mol. The fraction of sp³-hybridized carbons (Fsp3) is 0.385. The first kappa shape index (κ1) is 13.5. The molecule has 2 heterocycles. The summed E-state index contributed by atoms with van der Waals surface area (Å²) in [5.41, 5.74) is 6.31. The summed E-state index contributed by atoms with van der Waals surface area (Å²) in [6.45, 7) is 0.944. The van der Waals surface area contributed by atoms with Gasteiger partial charge in [0.25, 0.3) is 0 Å². The molecule has 2 atom stereocenters. The van der Waals surface area contributed by atoms with Gasteiger partial charge in [-0.15, -0.1) is 0 Å². The summed E-state index contributed by atoms with van der Waals surface area (Å²) in [7, 11) is 0. The number of aromatic nitrogens is 2. The van der Waals surface area contributed by atoms with Crippen molar-refractivity contribution in [2.75, 3.05) is 13.2 Å². The molecule has 2 N–H and O–H groups in total. The van der Waals surface area contributed by atoms with E-state index < -0.39 is 5.82 Å². The Morgan fingerprint density at radius 1 is 1.40 bits per heavy atom. The smallest absolute Gasteiger partial charge is 0.233 e. The van der Waals surface area contributed by atoms with Crippen molar-refractivity contribution in [1.29, 1.82) is 0 Å². The maximum Gasteiger partial charge on any atom is 0.233 e. The van der Waals surface area contributed by atoms with Gasteiger partial charge in [0.15, 0.2) is 5.82 Å². The standard InChI is InChI=1S/C13H13ClFN3O2/c14-9-3-1-2-7(12(9)15)4-11-17-13(20-18-11)8-5-19-6-10(8)16/h1-3,8,10H,4-6,16H2. The average Bonchev–Trinajstić information content (AvgIpc) is 3.04. The van der Waals surface area contributed by atoms with Crippen LogP contribution in [0.4, 0.5) is 4.39 Å². The van der Waals surface area contributed by atoms with Crippen molar-refractivity contribution in [1.82, 2.24) is 10.1 Å². The summed E-state index contributed by atoms with van der Waals surface area (Å²) in [6, 6.07) is 4.67. The summed E-state index contributed by atoms with van der Waals surface area (Å²) in [6.07, 6.45) is 0.221. The number of ether oxygens (including phenoxy) is 1. The molecule has 1 saturated heterocycles. The van der Waals surface area contributed by atoms with Gasteiger partial charge in [-0.05, 0) is 11.6 Å². The quantitative estimate of drug-likeness (QED) is 0.936. The fourth-order valence-corrected chi connectivity index (χ4v) is 2.36. The number of nitrogens with two attached hydrogens (primary N) is 1. The average molecular weight is 298 g/mol. The zero-order valence-corrected chi connectivity index (χ0v) is 11.3. The number of halogens is 2. The zero-order chi connectivity index (χ0) is 14.1. The molecule has 0 amide bonds. The van der Waals surface area contributed by atoms with E-state index in [4.69, 9.17) is 26.6 Å². The zero-order valence-electron chi connectivity index (χ0n) is 10.6. The molecule has 1 aliphatic rings. The lowest BCUT2D eigenvalue weighted by Gasteiger charge is -2.06. The second-order valence-electron chi connectivity index (χ2n) is 4.75. The van der Waals surface area contributed by atoms with E-state index in [2.05, 4.69) is 10.1 Å². The number of benzene rings is 1. The molecule has 20 heavy (non-hydrogen) atoms. The second kappa shape index (κ2) is 5.47. The molecule has 0 aliphatic carbocycles. The van der Waals surface area contributed by atoms with Crippen LogP contribution in [-0.4, -0.2) is 29.4 Å². The molecular formula is C13H13ClFN3O2. The Hall–Kier alpha value is -1.50. The molecule has 1 aromatic heterocycles. The number of hydrogen-bond donors (Lipinski definition) is 1. The van der Waals surface area contributed by atoms with Crippen LogP contribution in [0.5, 0.6) is 0 Å². The van der Waals surface area contributed by atoms with Gasteiger partial charge < -0.3 is 15.0 Å². The van der Waals surface area contributed by atoms with Crippen LogP contribution in [-0.2, 0) is 11.2 Å². The molecule has 0 spiro atoms. The highest BCUT2D eigenvalue weighted by atomic mass is 35.5. The highest BCUT2D eigenvalue weighted by Crippen LogP contribution is 2.24. The molecule has 3 rings (SSSR count). The molecule has 106 valence electrons. The van der Waals surface area contributed by atoms with Crippen molar-refractivity contribution in [2.45, 2.75) is 18.4 Å². The highest BCUT2D eigenvalue weighted by molar-refractivity contribution is 6.30. The summed E-state index contributed by atoms with van der Waals surface area (Å²) in [5.74, 6) is 0.287. The van der Waals surface area contributed by atoms with Gasteiger partial charge in [-0.1, -0.05) is 28.9 Å². The first-order valence-corrected chi connectivity index (χ1v) is 6.61. The molecule has 0 bridgehead atoms. The molecule has 1 fully saturated rings. The Balaban J connectivity index is 1.79. The molecule has 0 saturated carbocycles. The maximum atomic E-state index is 13.8. The van der Waals surface area contributed by atoms with Crippen molar-refractivity contribution in [3.63, 3.8) is 0 Å². The van der Waals surface area contributed by atoms with E-state index in [0.29, 0.717) is 30.5 Å². The van der Waals surface area contributed by atoms with E-state index in [0.717, 1.165) is 0 Å². The van der Waals surface area contributed by atoms with Crippen LogP contribution in [0, 0.1) is 5.82 Å². The van der Waals surface area contributed by atoms with Gasteiger partial charge in [-0.3, -0.25) is 0 Å². The Kier molecular flexibility index (Phi) is 3.69. The third-order valence-corrected chi connectivity index (χ3v) is 3.60. The van der Waals surface area contributed by atoms with Crippen molar-refractivity contribution in [3.05, 3.63) is 46.3 Å². The van der Waals surface area contributed by atoms with E-state index in [1.54, 1.807) is 12.1 Å². The molecule has 2 unspecified atom stereocenters. The van der Waals surface area contributed by atoms with E-state index >= 15 is 0 Å². The SMILES string of the molecule is NC1COCC1c1nc(Cc2cccc(Cl)c2F)no1. The lowest BCUT2D eigenvalue weighted by molar-refractivity contribution is 0.187. The molecule has 0 radical (unpaired) electrons. The van der Waals surface area contributed by atoms with E-state index in [9.17, 15) is 4.39 Å². The number of nitrogens with zero attached hydrogens (tertiary/aromatic N) is 2. The molecule has 1 aliphatic heterocycles. The minimum atomic E-state index is -0.457. The topological polar surface area (TPSA) is 74.2 Å². The monoisotopic (exact) mass is 297 g/mol. The first-order valence-electron chi connectivity index (χ1n) is 6.24. The third kappa shape index (κ3) is 2.54.